The second-order valence-electron chi connectivity index (χ2n) is 4.86. The number of hydrogen-bond acceptors (Lipinski definition) is 1. The van der Waals surface area contributed by atoms with Crippen molar-refractivity contribution < 1.29 is 4.79 Å². The van der Waals surface area contributed by atoms with Crippen molar-refractivity contribution in [3.8, 4) is 0 Å². The molecule has 1 aromatic carbocycles. The van der Waals surface area contributed by atoms with Crippen LogP contribution in [0.3, 0.4) is 0 Å². The quantitative estimate of drug-likeness (QED) is 0.811. The molecule has 2 rings (SSSR count). The van der Waals surface area contributed by atoms with Gasteiger partial charge in [-0.15, -0.1) is 0 Å². The Bertz CT molecular complexity index is 367. The maximum absolute atomic E-state index is 11.3. The van der Waals surface area contributed by atoms with Crippen molar-refractivity contribution in [3.63, 3.8) is 0 Å². The zero-order valence-electron chi connectivity index (χ0n) is 9.99. The maximum Gasteiger partial charge on any atom is 0.220 e. The van der Waals surface area contributed by atoms with Gasteiger partial charge in [0.25, 0.3) is 0 Å². The maximum atomic E-state index is 11.3. The first-order valence-corrected chi connectivity index (χ1v) is 6.03. The van der Waals surface area contributed by atoms with Gasteiger partial charge in [0.2, 0.25) is 5.91 Å². The summed E-state index contributed by atoms with van der Waals surface area (Å²) in [6.07, 6.45) is 1.70. The highest BCUT2D eigenvalue weighted by molar-refractivity contribution is 5.77. The second-order valence-corrected chi connectivity index (χ2v) is 4.86. The van der Waals surface area contributed by atoms with Gasteiger partial charge in [-0.05, 0) is 29.4 Å². The molecule has 0 radical (unpaired) electrons. The fourth-order valence-corrected chi connectivity index (χ4v) is 2.22. The van der Waals surface area contributed by atoms with Gasteiger partial charge in [0.1, 0.15) is 0 Å². The van der Waals surface area contributed by atoms with Crippen molar-refractivity contribution in [2.24, 2.45) is 0 Å². The van der Waals surface area contributed by atoms with Gasteiger partial charge in [-0.25, -0.2) is 0 Å². The van der Waals surface area contributed by atoms with Crippen molar-refractivity contribution in [3.05, 3.63) is 35.4 Å². The van der Waals surface area contributed by atoms with Gasteiger partial charge < -0.3 is 5.32 Å². The van der Waals surface area contributed by atoms with Crippen LogP contribution in [0.25, 0.3) is 0 Å². The average molecular weight is 217 g/mol. The van der Waals surface area contributed by atoms with Crippen molar-refractivity contribution in [1.29, 1.82) is 0 Å². The Kier molecular flexibility index (Phi) is 3.28. The first kappa shape index (κ1) is 11.2. The summed E-state index contributed by atoms with van der Waals surface area (Å²) in [5, 5.41) is 2.87. The normalized spacial score (nSPS) is 20.9. The summed E-state index contributed by atoms with van der Waals surface area (Å²) >= 11 is 0. The van der Waals surface area contributed by atoms with E-state index >= 15 is 0 Å². The average Bonchev–Trinajstić information content (AvgIpc) is 2.29. The fraction of sp³-hybridized carbons (Fsp3) is 0.500. The lowest BCUT2D eigenvalue weighted by Crippen LogP contribution is -2.32. The highest BCUT2D eigenvalue weighted by Gasteiger charge is 2.20. The Morgan fingerprint density at radius 1 is 1.25 bits per heavy atom. The summed E-state index contributed by atoms with van der Waals surface area (Å²) < 4.78 is 0. The molecule has 1 aliphatic heterocycles. The molecule has 1 N–H and O–H groups in total. The van der Waals surface area contributed by atoms with E-state index in [1.165, 1.54) is 11.1 Å². The zero-order chi connectivity index (χ0) is 11.5. The van der Waals surface area contributed by atoms with Crippen LogP contribution in [-0.4, -0.2) is 12.5 Å². The highest BCUT2D eigenvalue weighted by Crippen LogP contribution is 2.26. The van der Waals surface area contributed by atoms with Crippen LogP contribution in [0.2, 0.25) is 0 Å². The summed E-state index contributed by atoms with van der Waals surface area (Å²) in [5.74, 6) is 1.17. The lowest BCUT2D eigenvalue weighted by atomic mass is 9.88. The number of rotatable bonds is 2. The largest absolute Gasteiger partial charge is 0.356 e. The van der Waals surface area contributed by atoms with Gasteiger partial charge in [-0.3, -0.25) is 4.79 Å². The van der Waals surface area contributed by atoms with E-state index < -0.39 is 0 Å². The van der Waals surface area contributed by atoms with Crippen LogP contribution in [0.1, 0.15) is 49.7 Å². The van der Waals surface area contributed by atoms with Crippen LogP contribution >= 0.6 is 0 Å². The molecule has 1 amide bonds. The molecule has 2 nitrogen and oxygen atoms in total. The van der Waals surface area contributed by atoms with Gasteiger partial charge in [-0.2, -0.15) is 0 Å². The zero-order valence-corrected chi connectivity index (χ0v) is 9.99. The molecule has 0 aromatic heterocycles. The predicted octanol–water partition coefficient (Wildman–Crippen LogP) is 2.80. The monoisotopic (exact) mass is 217 g/mol. The van der Waals surface area contributed by atoms with E-state index in [9.17, 15) is 4.79 Å². The molecule has 1 aliphatic rings. The Hall–Kier alpha value is -1.31. The SMILES string of the molecule is CC(C)c1ccc(C2CCNC(=O)C2)cc1. The number of carbonyl (C=O) groups excluding carboxylic acids is 1. The van der Waals surface area contributed by atoms with Crippen molar-refractivity contribution >= 4 is 5.91 Å². The standard InChI is InChI=1S/C14H19NO/c1-10(2)11-3-5-12(6-4-11)13-7-8-15-14(16)9-13/h3-6,10,13H,7-9H2,1-2H3,(H,15,16). The first-order chi connectivity index (χ1) is 7.66. The Balaban J connectivity index is 2.11. The number of carbonyl (C=O) groups is 1. The minimum Gasteiger partial charge on any atom is -0.356 e. The van der Waals surface area contributed by atoms with E-state index in [1.54, 1.807) is 0 Å². The molecular weight excluding hydrogens is 198 g/mol. The molecule has 86 valence electrons. The molecule has 0 bridgehead atoms. The first-order valence-electron chi connectivity index (χ1n) is 6.03. The summed E-state index contributed by atoms with van der Waals surface area (Å²) in [4.78, 5) is 11.3. The van der Waals surface area contributed by atoms with E-state index in [1.807, 2.05) is 0 Å². The molecule has 0 aliphatic carbocycles. The van der Waals surface area contributed by atoms with E-state index in [2.05, 4.69) is 43.4 Å². The number of benzene rings is 1. The third-order valence-electron chi connectivity index (χ3n) is 3.32. The Morgan fingerprint density at radius 2 is 1.94 bits per heavy atom. The van der Waals surface area contributed by atoms with Crippen LogP contribution in [-0.2, 0) is 4.79 Å². The van der Waals surface area contributed by atoms with Crippen LogP contribution in [0, 0.1) is 0 Å². The molecule has 1 atom stereocenters. The van der Waals surface area contributed by atoms with Gasteiger partial charge in [-0.1, -0.05) is 38.1 Å². The van der Waals surface area contributed by atoms with E-state index in [0.717, 1.165) is 13.0 Å². The molecule has 1 heterocycles. The number of hydrogen-bond donors (Lipinski definition) is 1. The molecular formula is C14H19NO. The molecule has 1 unspecified atom stereocenters. The van der Waals surface area contributed by atoms with E-state index in [-0.39, 0.29) is 5.91 Å². The van der Waals surface area contributed by atoms with Gasteiger partial charge in [0.05, 0.1) is 0 Å². The third-order valence-corrected chi connectivity index (χ3v) is 3.32. The molecule has 16 heavy (non-hydrogen) atoms. The molecule has 1 saturated heterocycles. The van der Waals surface area contributed by atoms with Crippen LogP contribution in [0.15, 0.2) is 24.3 Å². The minimum atomic E-state index is 0.184. The smallest absolute Gasteiger partial charge is 0.220 e. The minimum absolute atomic E-state index is 0.184. The van der Waals surface area contributed by atoms with Crippen molar-refractivity contribution in [2.75, 3.05) is 6.54 Å². The highest BCUT2D eigenvalue weighted by atomic mass is 16.1. The molecule has 2 heteroatoms. The lowest BCUT2D eigenvalue weighted by molar-refractivity contribution is -0.122. The van der Waals surface area contributed by atoms with Crippen LogP contribution < -0.4 is 5.32 Å². The second kappa shape index (κ2) is 4.69. The van der Waals surface area contributed by atoms with Crippen molar-refractivity contribution in [2.45, 2.75) is 38.5 Å². The van der Waals surface area contributed by atoms with E-state index in [0.29, 0.717) is 18.3 Å². The van der Waals surface area contributed by atoms with E-state index in [4.69, 9.17) is 0 Å². The summed E-state index contributed by atoms with van der Waals surface area (Å²) in [7, 11) is 0. The fourth-order valence-electron chi connectivity index (χ4n) is 2.22. The lowest BCUT2D eigenvalue weighted by Gasteiger charge is -2.22. The topological polar surface area (TPSA) is 29.1 Å². The van der Waals surface area contributed by atoms with Crippen molar-refractivity contribution in [1.82, 2.24) is 5.32 Å². The predicted molar refractivity (Wildman–Crippen MR) is 65.5 cm³/mol. The number of nitrogens with one attached hydrogen (secondary N) is 1. The van der Waals surface area contributed by atoms with Gasteiger partial charge in [0, 0.05) is 13.0 Å². The van der Waals surface area contributed by atoms with Gasteiger partial charge >= 0.3 is 0 Å². The summed E-state index contributed by atoms with van der Waals surface area (Å²) in [5.41, 5.74) is 2.67. The Labute approximate surface area is 97.1 Å². The number of amides is 1. The number of piperidine rings is 1. The molecule has 0 spiro atoms. The van der Waals surface area contributed by atoms with Crippen LogP contribution in [0.4, 0.5) is 0 Å². The summed E-state index contributed by atoms with van der Waals surface area (Å²) in [6, 6.07) is 8.73. The van der Waals surface area contributed by atoms with Gasteiger partial charge in [0.15, 0.2) is 0 Å². The Morgan fingerprint density at radius 3 is 2.50 bits per heavy atom. The molecule has 1 aromatic rings. The van der Waals surface area contributed by atoms with Crippen LogP contribution in [0.5, 0.6) is 0 Å². The molecule has 0 saturated carbocycles. The third kappa shape index (κ3) is 2.43. The summed E-state index contributed by atoms with van der Waals surface area (Å²) in [6.45, 7) is 5.21. The molecule has 1 fully saturated rings.